The molecule has 3 N–H and O–H groups in total. The van der Waals surface area contributed by atoms with E-state index in [-0.39, 0.29) is 5.91 Å². The summed E-state index contributed by atoms with van der Waals surface area (Å²) in [4.78, 5) is 16.0. The Bertz CT molecular complexity index is 1050. The molecule has 2 heterocycles. The molecule has 29 heavy (non-hydrogen) atoms. The van der Waals surface area contributed by atoms with Crippen molar-refractivity contribution in [3.63, 3.8) is 0 Å². The molecule has 2 aromatic heterocycles. The summed E-state index contributed by atoms with van der Waals surface area (Å²) in [7, 11) is 0. The monoisotopic (exact) mass is 392 g/mol. The summed E-state index contributed by atoms with van der Waals surface area (Å²) < 4.78 is 1.69. The summed E-state index contributed by atoms with van der Waals surface area (Å²) in [5, 5.41) is 18.2. The molecule has 0 atom stereocenters. The number of hydrogen-bond acceptors (Lipinski definition) is 3. The first-order valence-electron chi connectivity index (χ1n) is 10.7. The second-order valence-corrected chi connectivity index (χ2v) is 8.93. The number of benzene rings is 1. The summed E-state index contributed by atoms with van der Waals surface area (Å²) in [6.07, 6.45) is 11.3. The fraction of sp³-hybridized carbons (Fsp3) is 0.478. The number of carbonyl (C=O) groups excluding carboxylic acids is 1. The predicted octanol–water partition coefficient (Wildman–Crippen LogP) is 4.36. The molecular weight excluding hydrogens is 364 g/mol. The first kappa shape index (κ1) is 18.4. The Hall–Kier alpha value is -2.60. The van der Waals surface area contributed by atoms with Crippen LogP contribution in [0.4, 0.5) is 5.69 Å². The van der Waals surface area contributed by atoms with Gasteiger partial charge in [-0.3, -0.25) is 9.48 Å². The number of carbonyl (C=O) groups is 1. The van der Waals surface area contributed by atoms with Crippen molar-refractivity contribution in [2.24, 2.45) is 0 Å². The average molecular weight is 393 g/mol. The number of hydrogen-bond donors (Lipinski definition) is 3. The fourth-order valence-corrected chi connectivity index (χ4v) is 4.79. The second kappa shape index (κ2) is 6.73. The van der Waals surface area contributed by atoms with Gasteiger partial charge in [-0.1, -0.05) is 31.9 Å². The van der Waals surface area contributed by atoms with Gasteiger partial charge in [-0.05, 0) is 55.2 Å². The average Bonchev–Trinajstić information content (AvgIpc) is 3.16. The van der Waals surface area contributed by atoms with Crippen molar-refractivity contribution in [2.75, 3.05) is 5.32 Å². The molecule has 0 unspecified atom stereocenters. The SMILES string of the molecule is CCC1(c2ccc3cc(C(=O)Nc4cnn(CC5(O)CC5)c4)[nH]c3c2)CCCC1. The van der Waals surface area contributed by atoms with E-state index in [9.17, 15) is 9.90 Å². The van der Waals surface area contributed by atoms with Crippen LogP contribution >= 0.6 is 0 Å². The Morgan fingerprint density at radius 3 is 2.76 bits per heavy atom. The molecule has 0 radical (unpaired) electrons. The number of aromatic amines is 1. The van der Waals surface area contributed by atoms with E-state index in [4.69, 9.17) is 0 Å². The standard InChI is InChI=1S/C23H28N4O2/c1-2-22(7-3-4-8-22)17-6-5-16-11-20(26-19(16)12-17)21(28)25-18-13-24-27(14-18)15-23(29)9-10-23/h5-6,11-14,26,29H,2-4,7-10,15H2,1H3,(H,25,28). The minimum atomic E-state index is -0.614. The van der Waals surface area contributed by atoms with E-state index in [0.29, 0.717) is 23.3 Å². The van der Waals surface area contributed by atoms with Gasteiger partial charge < -0.3 is 15.4 Å². The highest BCUT2D eigenvalue weighted by molar-refractivity contribution is 6.05. The van der Waals surface area contributed by atoms with Crippen molar-refractivity contribution in [3.05, 3.63) is 47.9 Å². The van der Waals surface area contributed by atoms with E-state index in [0.717, 1.165) is 30.2 Å². The number of rotatable bonds is 6. The highest BCUT2D eigenvalue weighted by Crippen LogP contribution is 2.44. The van der Waals surface area contributed by atoms with Crippen LogP contribution in [-0.4, -0.2) is 31.4 Å². The molecule has 6 heteroatoms. The van der Waals surface area contributed by atoms with Gasteiger partial charge in [0.2, 0.25) is 0 Å². The van der Waals surface area contributed by atoms with Gasteiger partial charge in [-0.25, -0.2) is 0 Å². The van der Waals surface area contributed by atoms with Crippen molar-refractivity contribution in [2.45, 2.75) is 69.4 Å². The Balaban J connectivity index is 1.34. The van der Waals surface area contributed by atoms with E-state index in [2.05, 4.69) is 40.5 Å². The number of nitrogens with one attached hydrogen (secondary N) is 2. The largest absolute Gasteiger partial charge is 0.388 e. The molecule has 5 rings (SSSR count). The smallest absolute Gasteiger partial charge is 0.272 e. The lowest BCUT2D eigenvalue weighted by Crippen LogP contribution is -2.20. The molecule has 1 amide bonds. The number of fused-ring (bicyclic) bond motifs is 1. The van der Waals surface area contributed by atoms with Crippen molar-refractivity contribution in [3.8, 4) is 0 Å². The van der Waals surface area contributed by atoms with Gasteiger partial charge in [0, 0.05) is 17.1 Å². The Morgan fingerprint density at radius 2 is 2.03 bits per heavy atom. The maximum atomic E-state index is 12.7. The van der Waals surface area contributed by atoms with E-state index in [1.165, 1.54) is 31.2 Å². The minimum absolute atomic E-state index is 0.182. The number of H-pyrrole nitrogens is 1. The highest BCUT2D eigenvalue weighted by atomic mass is 16.3. The molecule has 2 aliphatic carbocycles. The van der Waals surface area contributed by atoms with Crippen LogP contribution in [0.2, 0.25) is 0 Å². The lowest BCUT2D eigenvalue weighted by atomic mass is 9.76. The number of aromatic nitrogens is 3. The summed E-state index contributed by atoms with van der Waals surface area (Å²) in [6.45, 7) is 2.75. The molecule has 2 aliphatic rings. The molecule has 1 aromatic carbocycles. The zero-order valence-corrected chi connectivity index (χ0v) is 16.9. The molecule has 152 valence electrons. The molecule has 0 spiro atoms. The van der Waals surface area contributed by atoms with Gasteiger partial charge in [0.05, 0.1) is 24.0 Å². The Morgan fingerprint density at radius 1 is 1.24 bits per heavy atom. The van der Waals surface area contributed by atoms with Crippen LogP contribution in [0.25, 0.3) is 10.9 Å². The topological polar surface area (TPSA) is 82.9 Å². The second-order valence-electron chi connectivity index (χ2n) is 8.93. The number of anilines is 1. The summed E-state index contributed by atoms with van der Waals surface area (Å²) in [5.41, 5.74) is 3.26. The third-order valence-corrected chi connectivity index (χ3v) is 6.89. The van der Waals surface area contributed by atoms with Gasteiger partial charge in [0.1, 0.15) is 5.69 Å². The van der Waals surface area contributed by atoms with Crippen LogP contribution in [0.1, 0.15) is 67.9 Å². The van der Waals surface area contributed by atoms with Gasteiger partial charge in [-0.15, -0.1) is 0 Å². The van der Waals surface area contributed by atoms with Crippen LogP contribution in [-0.2, 0) is 12.0 Å². The summed E-state index contributed by atoms with van der Waals surface area (Å²) in [6, 6.07) is 8.50. The van der Waals surface area contributed by atoms with Crippen molar-refractivity contribution in [1.29, 1.82) is 0 Å². The van der Waals surface area contributed by atoms with Crippen LogP contribution in [0.5, 0.6) is 0 Å². The van der Waals surface area contributed by atoms with Crippen molar-refractivity contribution < 1.29 is 9.90 Å². The molecule has 0 saturated heterocycles. The zero-order valence-electron chi connectivity index (χ0n) is 16.9. The first-order chi connectivity index (χ1) is 14.0. The van der Waals surface area contributed by atoms with Crippen LogP contribution in [0.15, 0.2) is 36.7 Å². The van der Waals surface area contributed by atoms with Crippen LogP contribution in [0.3, 0.4) is 0 Å². The molecule has 6 nitrogen and oxygen atoms in total. The molecule has 0 bridgehead atoms. The molecular formula is C23H28N4O2. The van der Waals surface area contributed by atoms with Crippen LogP contribution in [0, 0.1) is 0 Å². The quantitative estimate of drug-likeness (QED) is 0.583. The summed E-state index contributed by atoms with van der Waals surface area (Å²) in [5.74, 6) is -0.182. The number of nitrogens with zero attached hydrogens (tertiary/aromatic N) is 2. The van der Waals surface area contributed by atoms with E-state index >= 15 is 0 Å². The molecule has 2 saturated carbocycles. The molecule has 2 fully saturated rings. The number of amides is 1. The molecule has 3 aromatic rings. The lowest BCUT2D eigenvalue weighted by molar-refractivity contribution is 0.102. The Labute approximate surface area is 170 Å². The van der Waals surface area contributed by atoms with Crippen molar-refractivity contribution >= 4 is 22.5 Å². The first-order valence-corrected chi connectivity index (χ1v) is 10.7. The van der Waals surface area contributed by atoms with Gasteiger partial charge >= 0.3 is 0 Å². The van der Waals surface area contributed by atoms with E-state index < -0.39 is 5.60 Å². The third-order valence-electron chi connectivity index (χ3n) is 6.89. The zero-order chi connectivity index (χ0) is 20.1. The Kier molecular flexibility index (Phi) is 4.28. The predicted molar refractivity (Wildman–Crippen MR) is 113 cm³/mol. The highest BCUT2D eigenvalue weighted by Gasteiger charge is 2.40. The van der Waals surface area contributed by atoms with E-state index in [1.807, 2.05) is 6.07 Å². The van der Waals surface area contributed by atoms with Crippen LogP contribution < -0.4 is 5.32 Å². The third kappa shape index (κ3) is 3.46. The van der Waals surface area contributed by atoms with Crippen molar-refractivity contribution in [1.82, 2.24) is 14.8 Å². The fourth-order valence-electron chi connectivity index (χ4n) is 4.79. The van der Waals surface area contributed by atoms with Gasteiger partial charge in [0.15, 0.2) is 0 Å². The number of aliphatic hydroxyl groups is 1. The van der Waals surface area contributed by atoms with E-state index in [1.54, 1.807) is 17.1 Å². The van der Waals surface area contributed by atoms with Gasteiger partial charge in [-0.2, -0.15) is 5.10 Å². The maximum Gasteiger partial charge on any atom is 0.272 e. The summed E-state index contributed by atoms with van der Waals surface area (Å²) >= 11 is 0. The maximum absolute atomic E-state index is 12.7. The van der Waals surface area contributed by atoms with Gasteiger partial charge in [0.25, 0.3) is 5.91 Å². The normalized spacial score (nSPS) is 19.5. The lowest BCUT2D eigenvalue weighted by Gasteiger charge is -2.28. The molecule has 0 aliphatic heterocycles. The minimum Gasteiger partial charge on any atom is -0.388 e.